The molecule has 0 bridgehead atoms. The number of nitrogens with one attached hydrogen (secondary N) is 1. The van der Waals surface area contributed by atoms with Gasteiger partial charge < -0.3 is 10.2 Å². The van der Waals surface area contributed by atoms with Crippen LogP contribution in [0.4, 0.5) is 4.39 Å². The van der Waals surface area contributed by atoms with Crippen molar-refractivity contribution in [2.75, 3.05) is 33.2 Å². The lowest BCUT2D eigenvalue weighted by molar-refractivity contribution is 0.138. The van der Waals surface area contributed by atoms with Crippen molar-refractivity contribution in [2.45, 2.75) is 31.4 Å². The topological polar surface area (TPSA) is 15.3 Å². The van der Waals surface area contributed by atoms with E-state index in [-0.39, 0.29) is 5.41 Å². The summed E-state index contributed by atoms with van der Waals surface area (Å²) in [5, 5.41) is 3.25. The van der Waals surface area contributed by atoms with Gasteiger partial charge in [0.1, 0.15) is 0 Å². The fraction of sp³-hybridized carbons (Fsp3) is 1.00. The van der Waals surface area contributed by atoms with Crippen LogP contribution in [0, 0.1) is 5.41 Å². The first-order chi connectivity index (χ1) is 6.96. The van der Waals surface area contributed by atoms with E-state index in [1.54, 1.807) is 0 Å². The lowest BCUT2D eigenvalue weighted by Gasteiger charge is -2.34. The van der Waals surface area contributed by atoms with Gasteiger partial charge in [0.15, 0.2) is 4.18 Å². The van der Waals surface area contributed by atoms with E-state index in [4.69, 9.17) is 0 Å². The number of nitrogens with zero attached hydrogens (tertiary/aromatic N) is 1. The molecular formula is C11H24FIN2. The Balaban J connectivity index is 4.23. The van der Waals surface area contributed by atoms with Crippen LogP contribution in [0.1, 0.15) is 27.2 Å². The van der Waals surface area contributed by atoms with E-state index < -0.39 is 4.18 Å². The summed E-state index contributed by atoms with van der Waals surface area (Å²) in [6.45, 7) is 9.69. The zero-order valence-electron chi connectivity index (χ0n) is 10.3. The van der Waals surface area contributed by atoms with E-state index in [2.05, 4.69) is 31.1 Å². The Hall–Kier alpha value is 0.580. The Morgan fingerprint density at radius 2 is 2.07 bits per heavy atom. The maximum absolute atomic E-state index is 13.6. The highest BCUT2D eigenvalue weighted by Crippen LogP contribution is 2.29. The molecule has 0 saturated carbocycles. The monoisotopic (exact) mass is 330 g/mol. The molecule has 0 spiro atoms. The summed E-state index contributed by atoms with van der Waals surface area (Å²) in [5.41, 5.74) is -0.291. The van der Waals surface area contributed by atoms with Crippen molar-refractivity contribution in [1.29, 1.82) is 0 Å². The summed E-state index contributed by atoms with van der Waals surface area (Å²) >= 11 is 1.89. The first-order valence-corrected chi connectivity index (χ1v) is 6.88. The highest BCUT2D eigenvalue weighted by atomic mass is 127. The molecule has 0 aliphatic rings. The van der Waals surface area contributed by atoms with Crippen molar-refractivity contribution in [1.82, 2.24) is 10.2 Å². The van der Waals surface area contributed by atoms with E-state index in [1.807, 2.05) is 29.5 Å². The molecule has 0 aliphatic heterocycles. The second-order valence-corrected chi connectivity index (χ2v) is 5.57. The van der Waals surface area contributed by atoms with Gasteiger partial charge in [0.25, 0.3) is 0 Å². The van der Waals surface area contributed by atoms with Gasteiger partial charge in [-0.15, -0.1) is 0 Å². The predicted octanol–water partition coefficient (Wildman–Crippen LogP) is 2.67. The summed E-state index contributed by atoms with van der Waals surface area (Å²) in [6.07, 6.45) is 1.12. The van der Waals surface area contributed by atoms with E-state index in [0.717, 1.165) is 32.6 Å². The highest BCUT2D eigenvalue weighted by Gasteiger charge is 2.33. The number of alkyl halides is 2. The summed E-state index contributed by atoms with van der Waals surface area (Å²) < 4.78 is 12.8. The minimum Gasteiger partial charge on any atom is -0.316 e. The van der Waals surface area contributed by atoms with E-state index >= 15 is 0 Å². The molecule has 92 valence electrons. The van der Waals surface area contributed by atoms with Gasteiger partial charge in [-0.25, -0.2) is 4.39 Å². The SMILES string of the molecule is CCCN(C)C[C@@](C)(CNCC)C(F)I. The van der Waals surface area contributed by atoms with Crippen LogP contribution in [-0.4, -0.2) is 42.3 Å². The molecule has 1 N–H and O–H groups in total. The third-order valence-electron chi connectivity index (χ3n) is 2.54. The lowest BCUT2D eigenvalue weighted by Crippen LogP contribution is -2.45. The largest absolute Gasteiger partial charge is 0.316 e. The average molecular weight is 330 g/mol. The Morgan fingerprint density at radius 3 is 2.47 bits per heavy atom. The predicted molar refractivity (Wildman–Crippen MR) is 73.4 cm³/mol. The van der Waals surface area contributed by atoms with Crippen LogP contribution in [0.15, 0.2) is 0 Å². The van der Waals surface area contributed by atoms with Crippen molar-refractivity contribution < 1.29 is 4.39 Å². The summed E-state index contributed by atoms with van der Waals surface area (Å²) in [5.74, 6) is 0. The Morgan fingerprint density at radius 1 is 1.47 bits per heavy atom. The van der Waals surface area contributed by atoms with Crippen molar-refractivity contribution >= 4 is 22.6 Å². The molecule has 15 heavy (non-hydrogen) atoms. The zero-order valence-corrected chi connectivity index (χ0v) is 12.5. The van der Waals surface area contributed by atoms with Gasteiger partial charge in [0, 0.05) is 18.5 Å². The first kappa shape index (κ1) is 15.6. The van der Waals surface area contributed by atoms with Crippen molar-refractivity contribution in [3.63, 3.8) is 0 Å². The molecule has 0 rings (SSSR count). The third-order valence-corrected chi connectivity index (χ3v) is 4.05. The molecule has 1 unspecified atom stereocenters. The van der Waals surface area contributed by atoms with E-state index in [9.17, 15) is 4.39 Å². The second kappa shape index (κ2) is 7.79. The second-order valence-electron chi connectivity index (χ2n) is 4.47. The van der Waals surface area contributed by atoms with Crippen LogP contribution >= 0.6 is 22.6 Å². The molecule has 0 saturated heterocycles. The molecule has 0 aromatic heterocycles. The maximum atomic E-state index is 13.6. The minimum atomic E-state index is -0.812. The quantitative estimate of drug-likeness (QED) is 0.544. The maximum Gasteiger partial charge on any atom is 0.158 e. The van der Waals surface area contributed by atoms with Gasteiger partial charge in [0.2, 0.25) is 0 Å². The van der Waals surface area contributed by atoms with Crippen molar-refractivity contribution in [2.24, 2.45) is 5.41 Å². The van der Waals surface area contributed by atoms with Gasteiger partial charge in [0.05, 0.1) is 0 Å². The Kier molecular flexibility index (Phi) is 8.09. The molecular weight excluding hydrogens is 306 g/mol. The Labute approximate surface area is 107 Å². The third kappa shape index (κ3) is 6.02. The van der Waals surface area contributed by atoms with Crippen LogP contribution in [0.5, 0.6) is 0 Å². The minimum absolute atomic E-state index is 0.291. The van der Waals surface area contributed by atoms with Gasteiger partial charge in [-0.3, -0.25) is 0 Å². The molecule has 0 aromatic carbocycles. The number of halogens is 2. The number of rotatable bonds is 8. The van der Waals surface area contributed by atoms with Crippen LogP contribution < -0.4 is 5.32 Å². The van der Waals surface area contributed by atoms with Gasteiger partial charge in [-0.1, -0.05) is 20.8 Å². The molecule has 2 atom stereocenters. The van der Waals surface area contributed by atoms with Crippen LogP contribution in [-0.2, 0) is 0 Å². The summed E-state index contributed by atoms with van der Waals surface area (Å²) in [7, 11) is 2.06. The van der Waals surface area contributed by atoms with Crippen LogP contribution in [0.3, 0.4) is 0 Å². The fourth-order valence-electron chi connectivity index (χ4n) is 1.69. The highest BCUT2D eigenvalue weighted by molar-refractivity contribution is 14.1. The standard InChI is InChI=1S/C11H24FIN2/c1-5-7-15(4)9-11(3,10(12)13)8-14-6-2/h10,14H,5-9H2,1-4H3/t10?,11-/m1/s1. The average Bonchev–Trinajstić information content (AvgIpc) is 2.14. The molecule has 0 amide bonds. The zero-order chi connectivity index (χ0) is 11.9. The molecule has 0 heterocycles. The lowest BCUT2D eigenvalue weighted by atomic mass is 9.91. The van der Waals surface area contributed by atoms with Crippen LogP contribution in [0.25, 0.3) is 0 Å². The molecule has 4 heteroatoms. The smallest absolute Gasteiger partial charge is 0.158 e. The Bertz CT molecular complexity index is 167. The molecule has 0 radical (unpaired) electrons. The first-order valence-electron chi connectivity index (χ1n) is 5.63. The summed E-state index contributed by atoms with van der Waals surface area (Å²) in [4.78, 5) is 2.21. The number of hydrogen-bond donors (Lipinski definition) is 1. The van der Waals surface area contributed by atoms with Crippen molar-refractivity contribution in [3.05, 3.63) is 0 Å². The molecule has 0 aliphatic carbocycles. The van der Waals surface area contributed by atoms with E-state index in [1.165, 1.54) is 0 Å². The summed E-state index contributed by atoms with van der Waals surface area (Å²) in [6, 6.07) is 0. The normalized spacial score (nSPS) is 17.8. The molecule has 0 aromatic rings. The fourth-order valence-corrected chi connectivity index (χ4v) is 2.11. The van der Waals surface area contributed by atoms with Gasteiger partial charge in [-0.05, 0) is 49.1 Å². The molecule has 2 nitrogen and oxygen atoms in total. The van der Waals surface area contributed by atoms with Gasteiger partial charge in [-0.2, -0.15) is 0 Å². The number of hydrogen-bond acceptors (Lipinski definition) is 2. The van der Waals surface area contributed by atoms with Crippen LogP contribution in [0.2, 0.25) is 0 Å². The van der Waals surface area contributed by atoms with Gasteiger partial charge >= 0.3 is 0 Å². The van der Waals surface area contributed by atoms with Crippen molar-refractivity contribution in [3.8, 4) is 0 Å². The molecule has 0 fully saturated rings. The van der Waals surface area contributed by atoms with E-state index in [0.29, 0.717) is 0 Å².